The minimum Gasteiger partial charge on any atom is -0.339 e. The smallest absolute Gasteiger partial charge is 0.229 e. The molecule has 0 aliphatic heterocycles. The van der Waals surface area contributed by atoms with E-state index in [1.807, 2.05) is 43.3 Å². The molecule has 0 saturated heterocycles. The number of anilines is 4. The summed E-state index contributed by atoms with van der Waals surface area (Å²) in [6, 6.07) is 19.6. The van der Waals surface area contributed by atoms with E-state index in [0.717, 1.165) is 23.5 Å². The van der Waals surface area contributed by atoms with Crippen LogP contribution in [0.4, 0.5) is 23.1 Å². The van der Waals surface area contributed by atoms with Gasteiger partial charge in [-0.25, -0.2) is 4.98 Å². The van der Waals surface area contributed by atoms with Gasteiger partial charge in [0.15, 0.2) is 0 Å². The number of aryl methyl sites for hydroxylation is 2. The maximum atomic E-state index is 9.21. The SMILES string of the molecule is CCc1ccc(Nc2nc(C)cc(Nc3ccccc3C#N)n2)cc1. The molecular formula is C20H19N5. The van der Waals surface area contributed by atoms with Crippen LogP contribution in [0.25, 0.3) is 0 Å². The van der Waals surface area contributed by atoms with Crippen molar-refractivity contribution in [2.45, 2.75) is 20.3 Å². The van der Waals surface area contributed by atoms with Crippen molar-refractivity contribution in [3.05, 3.63) is 71.4 Å². The normalized spacial score (nSPS) is 10.1. The highest BCUT2D eigenvalue weighted by molar-refractivity contribution is 5.65. The number of rotatable bonds is 5. The van der Waals surface area contributed by atoms with E-state index >= 15 is 0 Å². The van der Waals surface area contributed by atoms with Gasteiger partial charge < -0.3 is 10.6 Å². The highest BCUT2D eigenvalue weighted by atomic mass is 15.1. The molecule has 2 N–H and O–H groups in total. The van der Waals surface area contributed by atoms with Gasteiger partial charge in [-0.05, 0) is 43.2 Å². The van der Waals surface area contributed by atoms with E-state index in [-0.39, 0.29) is 0 Å². The van der Waals surface area contributed by atoms with Gasteiger partial charge in [0.05, 0.1) is 11.3 Å². The van der Waals surface area contributed by atoms with Gasteiger partial charge in [0.2, 0.25) is 5.95 Å². The predicted molar refractivity (Wildman–Crippen MR) is 100 cm³/mol. The number of benzene rings is 2. The third-order valence-corrected chi connectivity index (χ3v) is 3.78. The first-order valence-corrected chi connectivity index (χ1v) is 8.15. The molecule has 3 aromatic rings. The molecule has 0 radical (unpaired) electrons. The van der Waals surface area contributed by atoms with Crippen molar-refractivity contribution in [3.8, 4) is 6.07 Å². The van der Waals surface area contributed by atoms with Crippen molar-refractivity contribution < 1.29 is 0 Å². The highest BCUT2D eigenvalue weighted by Crippen LogP contribution is 2.21. The van der Waals surface area contributed by atoms with E-state index in [0.29, 0.717) is 17.3 Å². The molecule has 5 nitrogen and oxygen atoms in total. The molecule has 0 saturated carbocycles. The Labute approximate surface area is 147 Å². The van der Waals surface area contributed by atoms with Crippen LogP contribution < -0.4 is 10.6 Å². The minimum absolute atomic E-state index is 0.515. The fraction of sp³-hybridized carbons (Fsp3) is 0.150. The fourth-order valence-electron chi connectivity index (χ4n) is 2.47. The summed E-state index contributed by atoms with van der Waals surface area (Å²) in [6.45, 7) is 4.04. The molecule has 0 aliphatic rings. The predicted octanol–water partition coefficient (Wildman–Crippen LogP) is 4.71. The zero-order valence-electron chi connectivity index (χ0n) is 14.2. The van der Waals surface area contributed by atoms with Crippen LogP contribution in [0.15, 0.2) is 54.6 Å². The molecule has 1 aromatic heterocycles. The molecule has 2 aromatic carbocycles. The van der Waals surface area contributed by atoms with Gasteiger partial charge in [0.1, 0.15) is 11.9 Å². The van der Waals surface area contributed by atoms with Gasteiger partial charge in [-0.3, -0.25) is 0 Å². The Morgan fingerprint density at radius 3 is 2.48 bits per heavy atom. The Bertz CT molecular complexity index is 910. The van der Waals surface area contributed by atoms with E-state index in [1.54, 1.807) is 6.07 Å². The summed E-state index contributed by atoms with van der Waals surface area (Å²) in [5.74, 6) is 1.16. The zero-order chi connectivity index (χ0) is 17.6. The molecule has 0 bridgehead atoms. The van der Waals surface area contributed by atoms with E-state index in [2.05, 4.69) is 45.7 Å². The zero-order valence-corrected chi connectivity index (χ0v) is 14.2. The summed E-state index contributed by atoms with van der Waals surface area (Å²) in [5.41, 5.74) is 4.35. The van der Waals surface area contributed by atoms with E-state index < -0.39 is 0 Å². The van der Waals surface area contributed by atoms with E-state index in [4.69, 9.17) is 0 Å². The molecule has 0 atom stereocenters. The van der Waals surface area contributed by atoms with Crippen LogP contribution in [0, 0.1) is 18.3 Å². The quantitative estimate of drug-likeness (QED) is 0.709. The third kappa shape index (κ3) is 4.12. The van der Waals surface area contributed by atoms with Crippen LogP contribution in [-0.4, -0.2) is 9.97 Å². The van der Waals surface area contributed by atoms with Gasteiger partial charge in [0, 0.05) is 17.4 Å². The molecular weight excluding hydrogens is 310 g/mol. The Morgan fingerprint density at radius 2 is 1.76 bits per heavy atom. The minimum atomic E-state index is 0.515. The molecule has 25 heavy (non-hydrogen) atoms. The maximum absolute atomic E-state index is 9.21. The number of nitrogens with one attached hydrogen (secondary N) is 2. The number of aromatic nitrogens is 2. The largest absolute Gasteiger partial charge is 0.339 e. The number of hydrogen-bond acceptors (Lipinski definition) is 5. The van der Waals surface area contributed by atoms with Crippen molar-refractivity contribution in [2.75, 3.05) is 10.6 Å². The second-order valence-corrected chi connectivity index (χ2v) is 5.68. The first-order valence-electron chi connectivity index (χ1n) is 8.15. The Hall–Kier alpha value is -3.39. The second-order valence-electron chi connectivity index (χ2n) is 5.68. The number of hydrogen-bond donors (Lipinski definition) is 2. The van der Waals surface area contributed by atoms with Crippen molar-refractivity contribution in [1.29, 1.82) is 5.26 Å². The standard InChI is InChI=1S/C20H19N5/c1-3-15-8-10-17(11-9-15)23-20-22-14(2)12-19(25-20)24-18-7-5-4-6-16(18)13-21/h4-12H,3H2,1-2H3,(H2,22,23,24,25). The van der Waals surface area contributed by atoms with Crippen molar-refractivity contribution in [1.82, 2.24) is 9.97 Å². The average Bonchev–Trinajstić information content (AvgIpc) is 2.62. The summed E-state index contributed by atoms with van der Waals surface area (Å²) in [4.78, 5) is 8.93. The van der Waals surface area contributed by atoms with Gasteiger partial charge in [-0.1, -0.05) is 31.2 Å². The lowest BCUT2D eigenvalue weighted by molar-refractivity contribution is 1.10. The molecule has 0 fully saturated rings. The maximum Gasteiger partial charge on any atom is 0.229 e. The number of nitriles is 1. The van der Waals surface area contributed by atoms with Gasteiger partial charge in [-0.15, -0.1) is 0 Å². The van der Waals surface area contributed by atoms with Crippen molar-refractivity contribution in [3.63, 3.8) is 0 Å². The van der Waals surface area contributed by atoms with Gasteiger partial charge in [-0.2, -0.15) is 10.2 Å². The van der Waals surface area contributed by atoms with Gasteiger partial charge in [0.25, 0.3) is 0 Å². The lowest BCUT2D eigenvalue weighted by Gasteiger charge is -2.11. The summed E-state index contributed by atoms with van der Waals surface area (Å²) in [5, 5.41) is 15.6. The lowest BCUT2D eigenvalue weighted by Crippen LogP contribution is -2.03. The van der Waals surface area contributed by atoms with Gasteiger partial charge >= 0.3 is 0 Å². The van der Waals surface area contributed by atoms with E-state index in [9.17, 15) is 5.26 Å². The molecule has 0 amide bonds. The summed E-state index contributed by atoms with van der Waals surface area (Å²) in [6.07, 6.45) is 1.01. The van der Waals surface area contributed by atoms with Crippen LogP contribution in [-0.2, 0) is 6.42 Å². The van der Waals surface area contributed by atoms with Crippen LogP contribution >= 0.6 is 0 Å². The van der Waals surface area contributed by atoms with Crippen LogP contribution in [0.3, 0.4) is 0 Å². The molecule has 0 spiro atoms. The lowest BCUT2D eigenvalue weighted by atomic mass is 10.1. The van der Waals surface area contributed by atoms with Crippen molar-refractivity contribution >= 4 is 23.1 Å². The average molecular weight is 329 g/mol. The Morgan fingerprint density at radius 1 is 1.00 bits per heavy atom. The summed E-state index contributed by atoms with van der Waals surface area (Å²) < 4.78 is 0. The monoisotopic (exact) mass is 329 g/mol. The van der Waals surface area contributed by atoms with Crippen LogP contribution in [0.2, 0.25) is 0 Å². The third-order valence-electron chi connectivity index (χ3n) is 3.78. The first-order chi connectivity index (χ1) is 12.2. The van der Waals surface area contributed by atoms with E-state index in [1.165, 1.54) is 5.56 Å². The molecule has 0 unspecified atom stereocenters. The van der Waals surface area contributed by atoms with Crippen LogP contribution in [0.1, 0.15) is 23.7 Å². The molecule has 3 rings (SSSR count). The first kappa shape index (κ1) is 16.5. The molecule has 124 valence electrons. The molecule has 0 aliphatic carbocycles. The number of para-hydroxylation sites is 1. The molecule has 1 heterocycles. The van der Waals surface area contributed by atoms with Crippen LogP contribution in [0.5, 0.6) is 0 Å². The topological polar surface area (TPSA) is 73.6 Å². The second kappa shape index (κ2) is 7.45. The Kier molecular flexibility index (Phi) is 4.91. The Balaban J connectivity index is 1.83. The molecule has 5 heteroatoms. The summed E-state index contributed by atoms with van der Waals surface area (Å²) >= 11 is 0. The van der Waals surface area contributed by atoms with Crippen molar-refractivity contribution in [2.24, 2.45) is 0 Å². The summed E-state index contributed by atoms with van der Waals surface area (Å²) in [7, 11) is 0. The fourth-order valence-corrected chi connectivity index (χ4v) is 2.47. The highest BCUT2D eigenvalue weighted by Gasteiger charge is 2.06. The number of nitrogens with zero attached hydrogens (tertiary/aromatic N) is 3.